The third kappa shape index (κ3) is 2.18. The van der Waals surface area contributed by atoms with Crippen LogP contribution in [0.25, 0.3) is 11.0 Å². The minimum Gasteiger partial charge on any atom is -0.331 e. The fraction of sp³-hybridized carbons (Fsp3) is 0.188. The average Bonchev–Trinajstić information content (AvgIpc) is 2.77. The molecular formula is C16H16FN3. The lowest BCUT2D eigenvalue weighted by molar-refractivity contribution is 0.611. The van der Waals surface area contributed by atoms with Gasteiger partial charge in [-0.3, -0.25) is 0 Å². The largest absolute Gasteiger partial charge is 0.331 e. The van der Waals surface area contributed by atoms with Crippen LogP contribution in [-0.2, 0) is 20.0 Å². The molecule has 0 radical (unpaired) electrons. The third-order valence-corrected chi connectivity index (χ3v) is 3.58. The molecule has 0 aliphatic rings. The maximum atomic E-state index is 13.7. The van der Waals surface area contributed by atoms with E-state index in [9.17, 15) is 4.39 Å². The molecule has 3 nitrogen and oxygen atoms in total. The van der Waals surface area contributed by atoms with Crippen LogP contribution in [0.5, 0.6) is 0 Å². The molecule has 3 rings (SSSR count). The van der Waals surface area contributed by atoms with Crippen LogP contribution in [0.2, 0.25) is 0 Å². The fourth-order valence-corrected chi connectivity index (χ4v) is 2.38. The van der Waals surface area contributed by atoms with Gasteiger partial charge in [-0.05, 0) is 29.3 Å². The summed E-state index contributed by atoms with van der Waals surface area (Å²) in [6, 6.07) is 12.8. The van der Waals surface area contributed by atoms with Gasteiger partial charge in [0.2, 0.25) is 0 Å². The fourth-order valence-electron chi connectivity index (χ4n) is 2.38. The molecule has 2 N–H and O–H groups in total. The zero-order valence-corrected chi connectivity index (χ0v) is 11.3. The van der Waals surface area contributed by atoms with Crippen molar-refractivity contribution in [1.29, 1.82) is 0 Å². The second kappa shape index (κ2) is 5.06. The summed E-state index contributed by atoms with van der Waals surface area (Å²) in [6.45, 7) is 0.504. The summed E-state index contributed by atoms with van der Waals surface area (Å²) in [5.74, 6) is 0.654. The summed E-state index contributed by atoms with van der Waals surface area (Å²) < 4.78 is 15.7. The molecule has 0 fully saturated rings. The van der Waals surface area contributed by atoms with Crippen LogP contribution in [0.15, 0.2) is 42.5 Å². The third-order valence-electron chi connectivity index (χ3n) is 3.58. The van der Waals surface area contributed by atoms with Crippen molar-refractivity contribution in [3.8, 4) is 0 Å². The SMILES string of the molecule is Cn1c(Cc2ccccc2F)nc2ccc(CN)cc21. The highest BCUT2D eigenvalue weighted by molar-refractivity contribution is 5.77. The first-order valence-corrected chi connectivity index (χ1v) is 6.56. The Bertz CT molecular complexity index is 762. The van der Waals surface area contributed by atoms with E-state index in [1.54, 1.807) is 12.1 Å². The number of nitrogens with two attached hydrogens (primary N) is 1. The molecule has 102 valence electrons. The van der Waals surface area contributed by atoms with E-state index in [0.29, 0.717) is 18.5 Å². The van der Waals surface area contributed by atoms with Crippen molar-refractivity contribution >= 4 is 11.0 Å². The number of fused-ring (bicyclic) bond motifs is 1. The van der Waals surface area contributed by atoms with Gasteiger partial charge in [-0.1, -0.05) is 24.3 Å². The monoisotopic (exact) mass is 269 g/mol. The van der Waals surface area contributed by atoms with Gasteiger partial charge >= 0.3 is 0 Å². The van der Waals surface area contributed by atoms with E-state index in [0.717, 1.165) is 22.4 Å². The van der Waals surface area contributed by atoms with Crippen LogP contribution in [0, 0.1) is 5.82 Å². The second-order valence-electron chi connectivity index (χ2n) is 4.88. The maximum absolute atomic E-state index is 13.7. The van der Waals surface area contributed by atoms with E-state index in [1.807, 2.05) is 35.9 Å². The molecule has 0 spiro atoms. The number of hydrogen-bond donors (Lipinski definition) is 1. The van der Waals surface area contributed by atoms with E-state index in [2.05, 4.69) is 4.98 Å². The van der Waals surface area contributed by atoms with E-state index >= 15 is 0 Å². The molecule has 2 aromatic carbocycles. The Morgan fingerprint density at radius 3 is 2.75 bits per heavy atom. The van der Waals surface area contributed by atoms with Crippen molar-refractivity contribution in [2.75, 3.05) is 0 Å². The maximum Gasteiger partial charge on any atom is 0.126 e. The van der Waals surface area contributed by atoms with E-state index in [-0.39, 0.29) is 5.82 Å². The van der Waals surface area contributed by atoms with Crippen LogP contribution in [0.1, 0.15) is 17.0 Å². The number of rotatable bonds is 3. The summed E-state index contributed by atoms with van der Waals surface area (Å²) >= 11 is 0. The molecule has 0 aliphatic carbocycles. The molecule has 4 heteroatoms. The van der Waals surface area contributed by atoms with Crippen LogP contribution in [0.3, 0.4) is 0 Å². The van der Waals surface area contributed by atoms with Gasteiger partial charge in [0.05, 0.1) is 11.0 Å². The van der Waals surface area contributed by atoms with Gasteiger partial charge < -0.3 is 10.3 Å². The van der Waals surface area contributed by atoms with Crippen LogP contribution >= 0.6 is 0 Å². The lowest BCUT2D eigenvalue weighted by Gasteiger charge is -2.04. The molecular weight excluding hydrogens is 253 g/mol. The summed E-state index contributed by atoms with van der Waals surface area (Å²) in [6.07, 6.45) is 0.482. The summed E-state index contributed by atoms with van der Waals surface area (Å²) in [5, 5.41) is 0. The molecule has 1 aromatic heterocycles. The predicted molar refractivity (Wildman–Crippen MR) is 77.8 cm³/mol. The summed E-state index contributed by atoms with van der Waals surface area (Å²) in [4.78, 5) is 4.58. The Hall–Kier alpha value is -2.20. The van der Waals surface area contributed by atoms with Crippen molar-refractivity contribution < 1.29 is 4.39 Å². The Balaban J connectivity index is 2.04. The van der Waals surface area contributed by atoms with Gasteiger partial charge in [-0.15, -0.1) is 0 Å². The van der Waals surface area contributed by atoms with Gasteiger partial charge in [0.25, 0.3) is 0 Å². The van der Waals surface area contributed by atoms with E-state index in [4.69, 9.17) is 5.73 Å². The van der Waals surface area contributed by atoms with Gasteiger partial charge in [0, 0.05) is 20.0 Å². The number of benzene rings is 2. The Morgan fingerprint density at radius 1 is 1.20 bits per heavy atom. The number of nitrogens with zero attached hydrogens (tertiary/aromatic N) is 2. The second-order valence-corrected chi connectivity index (χ2v) is 4.88. The molecule has 0 unspecified atom stereocenters. The van der Waals surface area contributed by atoms with Crippen molar-refractivity contribution in [1.82, 2.24) is 9.55 Å². The minimum absolute atomic E-state index is 0.192. The van der Waals surface area contributed by atoms with Gasteiger partial charge in [0.15, 0.2) is 0 Å². The quantitative estimate of drug-likeness (QED) is 0.794. The van der Waals surface area contributed by atoms with E-state index < -0.39 is 0 Å². The minimum atomic E-state index is -0.192. The van der Waals surface area contributed by atoms with Gasteiger partial charge in [-0.25, -0.2) is 9.37 Å². The average molecular weight is 269 g/mol. The lowest BCUT2D eigenvalue weighted by atomic mass is 10.1. The molecule has 0 atom stereocenters. The first-order valence-electron chi connectivity index (χ1n) is 6.56. The van der Waals surface area contributed by atoms with Gasteiger partial charge in [0.1, 0.15) is 11.6 Å². The van der Waals surface area contributed by atoms with E-state index in [1.165, 1.54) is 6.07 Å². The first-order chi connectivity index (χ1) is 9.69. The number of halogens is 1. The van der Waals surface area contributed by atoms with Crippen LogP contribution in [0.4, 0.5) is 4.39 Å². The Kier molecular flexibility index (Phi) is 3.24. The highest BCUT2D eigenvalue weighted by Crippen LogP contribution is 2.19. The zero-order chi connectivity index (χ0) is 14.1. The lowest BCUT2D eigenvalue weighted by Crippen LogP contribution is -2.01. The Morgan fingerprint density at radius 2 is 2.00 bits per heavy atom. The standard InChI is InChI=1S/C16H16FN3/c1-20-15-8-11(10-18)6-7-14(15)19-16(20)9-12-4-2-3-5-13(12)17/h2-8H,9-10,18H2,1H3. The smallest absolute Gasteiger partial charge is 0.126 e. The van der Waals surface area contributed by atoms with Gasteiger partial charge in [-0.2, -0.15) is 0 Å². The summed E-state index contributed by atoms with van der Waals surface area (Å²) in [5.41, 5.74) is 9.33. The molecule has 0 saturated carbocycles. The number of aromatic nitrogens is 2. The number of imidazole rings is 1. The molecule has 0 saturated heterocycles. The molecule has 0 aliphatic heterocycles. The number of hydrogen-bond acceptors (Lipinski definition) is 2. The topological polar surface area (TPSA) is 43.8 Å². The molecule has 0 amide bonds. The Labute approximate surface area is 116 Å². The van der Waals surface area contributed by atoms with Crippen LogP contribution in [-0.4, -0.2) is 9.55 Å². The molecule has 1 heterocycles. The first kappa shape index (κ1) is 12.8. The van der Waals surface area contributed by atoms with Crippen molar-refractivity contribution in [3.05, 3.63) is 65.2 Å². The molecule has 20 heavy (non-hydrogen) atoms. The highest BCUT2D eigenvalue weighted by Gasteiger charge is 2.10. The molecule has 3 aromatic rings. The number of aryl methyl sites for hydroxylation is 1. The predicted octanol–water partition coefficient (Wildman–Crippen LogP) is 2.76. The highest BCUT2D eigenvalue weighted by atomic mass is 19.1. The normalized spacial score (nSPS) is 11.2. The summed E-state index contributed by atoms with van der Waals surface area (Å²) in [7, 11) is 1.95. The zero-order valence-electron chi connectivity index (χ0n) is 11.3. The van der Waals surface area contributed by atoms with Crippen molar-refractivity contribution in [2.45, 2.75) is 13.0 Å². The van der Waals surface area contributed by atoms with Crippen molar-refractivity contribution in [3.63, 3.8) is 0 Å². The molecule has 0 bridgehead atoms. The van der Waals surface area contributed by atoms with Crippen molar-refractivity contribution in [2.24, 2.45) is 12.8 Å². The van der Waals surface area contributed by atoms with Crippen LogP contribution < -0.4 is 5.73 Å².